The minimum Gasteiger partial charge on any atom is -0.331 e. The first-order chi connectivity index (χ1) is 10.5. The van der Waals surface area contributed by atoms with E-state index in [0.29, 0.717) is 33.5 Å². The van der Waals surface area contributed by atoms with E-state index in [-0.39, 0.29) is 10.3 Å². The van der Waals surface area contributed by atoms with Crippen LogP contribution in [0, 0.1) is 4.77 Å². The molecule has 4 nitrogen and oxygen atoms in total. The lowest BCUT2D eigenvalue weighted by molar-refractivity contribution is 0.112. The average Bonchev–Trinajstić information content (AvgIpc) is 2.48. The van der Waals surface area contributed by atoms with Crippen LogP contribution in [0.3, 0.4) is 0 Å². The van der Waals surface area contributed by atoms with Crippen LogP contribution >= 0.6 is 39.7 Å². The Morgan fingerprint density at radius 2 is 2.00 bits per heavy atom. The number of fused-ring (bicyclic) bond motifs is 1. The molecule has 1 aromatic heterocycles. The summed E-state index contributed by atoms with van der Waals surface area (Å²) in [7, 11) is 0. The first-order valence-electron chi connectivity index (χ1n) is 6.21. The van der Waals surface area contributed by atoms with Gasteiger partial charge in [-0.15, -0.1) is 0 Å². The summed E-state index contributed by atoms with van der Waals surface area (Å²) >= 11 is 14.8. The van der Waals surface area contributed by atoms with Crippen LogP contribution in [-0.2, 0) is 0 Å². The van der Waals surface area contributed by atoms with E-state index in [1.54, 1.807) is 30.3 Å². The molecule has 0 fully saturated rings. The zero-order valence-electron chi connectivity index (χ0n) is 11.0. The van der Waals surface area contributed by atoms with Crippen molar-refractivity contribution in [2.45, 2.75) is 0 Å². The molecule has 22 heavy (non-hydrogen) atoms. The molecule has 110 valence electrons. The maximum Gasteiger partial charge on any atom is 0.266 e. The predicted molar refractivity (Wildman–Crippen MR) is 92.8 cm³/mol. The van der Waals surface area contributed by atoms with Gasteiger partial charge in [0.15, 0.2) is 4.77 Å². The standard InChI is InChI=1S/C15H8BrClN2O2S/c16-9-2-3-10-12(6-9)18-15(22)19(14(10)21)13-5-8(7-20)1-4-11(13)17/h1-7H,(H,18,22). The van der Waals surface area contributed by atoms with E-state index in [2.05, 4.69) is 20.9 Å². The zero-order chi connectivity index (χ0) is 15.9. The third-order valence-corrected chi connectivity index (χ3v) is 4.30. The molecule has 2 aromatic carbocycles. The smallest absolute Gasteiger partial charge is 0.266 e. The average molecular weight is 396 g/mol. The van der Waals surface area contributed by atoms with Gasteiger partial charge in [-0.25, -0.2) is 0 Å². The molecule has 0 saturated heterocycles. The molecule has 1 heterocycles. The number of halogens is 2. The van der Waals surface area contributed by atoms with E-state index in [1.807, 2.05) is 0 Å². The molecule has 0 radical (unpaired) electrons. The van der Waals surface area contributed by atoms with Crippen LogP contribution < -0.4 is 5.56 Å². The number of hydrogen-bond acceptors (Lipinski definition) is 3. The molecule has 0 aliphatic rings. The molecule has 3 rings (SSSR count). The lowest BCUT2D eigenvalue weighted by Crippen LogP contribution is -2.21. The van der Waals surface area contributed by atoms with E-state index in [0.717, 1.165) is 4.47 Å². The van der Waals surface area contributed by atoms with Crippen LogP contribution in [0.25, 0.3) is 16.6 Å². The molecule has 0 aliphatic carbocycles. The number of nitrogens with one attached hydrogen (secondary N) is 1. The Morgan fingerprint density at radius 1 is 1.23 bits per heavy atom. The number of H-pyrrole nitrogens is 1. The quantitative estimate of drug-likeness (QED) is 0.520. The number of aldehydes is 1. The summed E-state index contributed by atoms with van der Waals surface area (Å²) in [4.78, 5) is 26.7. The molecule has 0 spiro atoms. The summed E-state index contributed by atoms with van der Waals surface area (Å²) in [6.45, 7) is 0. The third kappa shape index (κ3) is 2.54. The van der Waals surface area contributed by atoms with Crippen molar-refractivity contribution in [3.8, 4) is 5.69 Å². The predicted octanol–water partition coefficient (Wildman–Crippen LogP) is 4.28. The second-order valence-corrected chi connectivity index (χ2v) is 6.30. The van der Waals surface area contributed by atoms with Gasteiger partial charge in [0.2, 0.25) is 0 Å². The Bertz CT molecular complexity index is 1030. The number of carbonyl (C=O) groups excluding carboxylic acids is 1. The molecule has 0 atom stereocenters. The van der Waals surface area contributed by atoms with E-state index in [1.165, 1.54) is 10.6 Å². The second-order valence-electron chi connectivity index (χ2n) is 4.59. The number of aromatic nitrogens is 2. The highest BCUT2D eigenvalue weighted by Gasteiger charge is 2.11. The van der Waals surface area contributed by atoms with Crippen LogP contribution in [0.4, 0.5) is 0 Å². The Morgan fingerprint density at radius 3 is 2.73 bits per heavy atom. The van der Waals surface area contributed by atoms with Gasteiger partial charge in [0, 0.05) is 10.0 Å². The highest BCUT2D eigenvalue weighted by Crippen LogP contribution is 2.22. The zero-order valence-corrected chi connectivity index (χ0v) is 14.1. The highest BCUT2D eigenvalue weighted by atomic mass is 79.9. The topological polar surface area (TPSA) is 54.9 Å². The van der Waals surface area contributed by atoms with Crippen molar-refractivity contribution in [3.05, 3.63) is 66.6 Å². The van der Waals surface area contributed by atoms with Crippen molar-refractivity contribution in [2.24, 2.45) is 0 Å². The second kappa shape index (κ2) is 5.79. The van der Waals surface area contributed by atoms with Gasteiger partial charge in [0.25, 0.3) is 5.56 Å². The molecule has 0 bridgehead atoms. The summed E-state index contributed by atoms with van der Waals surface area (Å²) in [5.41, 5.74) is 1.12. The Hall–Kier alpha value is -1.76. The van der Waals surface area contributed by atoms with Crippen LogP contribution in [-0.4, -0.2) is 15.8 Å². The van der Waals surface area contributed by atoms with Crippen molar-refractivity contribution in [1.82, 2.24) is 9.55 Å². The molecule has 0 saturated carbocycles. The maximum absolute atomic E-state index is 12.7. The Labute approximate surface area is 143 Å². The van der Waals surface area contributed by atoms with Crippen molar-refractivity contribution >= 4 is 56.9 Å². The fourth-order valence-electron chi connectivity index (χ4n) is 2.18. The van der Waals surface area contributed by atoms with Gasteiger partial charge in [-0.2, -0.15) is 0 Å². The maximum atomic E-state index is 12.7. The van der Waals surface area contributed by atoms with Crippen LogP contribution in [0.2, 0.25) is 5.02 Å². The molecule has 7 heteroatoms. The minimum atomic E-state index is -0.295. The largest absolute Gasteiger partial charge is 0.331 e. The van der Waals surface area contributed by atoms with Crippen molar-refractivity contribution in [1.29, 1.82) is 0 Å². The molecule has 1 N–H and O–H groups in total. The Kier molecular flexibility index (Phi) is 3.99. The number of nitrogens with zero attached hydrogens (tertiary/aromatic N) is 1. The molecule has 0 amide bonds. The van der Waals surface area contributed by atoms with Gasteiger partial charge in [-0.05, 0) is 42.5 Å². The third-order valence-electron chi connectivity index (χ3n) is 3.21. The van der Waals surface area contributed by atoms with Gasteiger partial charge < -0.3 is 4.98 Å². The lowest BCUT2D eigenvalue weighted by Gasteiger charge is -2.10. The van der Waals surface area contributed by atoms with Crippen LogP contribution in [0.5, 0.6) is 0 Å². The summed E-state index contributed by atoms with van der Waals surface area (Å²) in [5.74, 6) is 0. The van der Waals surface area contributed by atoms with Crippen molar-refractivity contribution < 1.29 is 4.79 Å². The van der Waals surface area contributed by atoms with Gasteiger partial charge in [-0.3, -0.25) is 14.2 Å². The first-order valence-corrected chi connectivity index (χ1v) is 7.79. The highest BCUT2D eigenvalue weighted by molar-refractivity contribution is 9.10. The Balaban J connectivity index is 2.42. The van der Waals surface area contributed by atoms with E-state index in [4.69, 9.17) is 23.8 Å². The molecular formula is C15H8BrClN2O2S. The molecule has 3 aromatic rings. The number of carbonyl (C=O) groups is 1. The van der Waals surface area contributed by atoms with Gasteiger partial charge in [0.05, 0.1) is 21.6 Å². The number of hydrogen-bond donors (Lipinski definition) is 1. The summed E-state index contributed by atoms with van der Waals surface area (Å²) in [6, 6.07) is 9.92. The number of aromatic amines is 1. The van der Waals surface area contributed by atoms with Crippen LogP contribution in [0.15, 0.2) is 45.7 Å². The molecule has 0 aliphatic heterocycles. The SMILES string of the molecule is O=Cc1ccc(Cl)c(-n2c(=S)[nH]c3cc(Br)ccc3c2=O)c1. The van der Waals surface area contributed by atoms with Crippen molar-refractivity contribution in [2.75, 3.05) is 0 Å². The van der Waals surface area contributed by atoms with Crippen LogP contribution in [0.1, 0.15) is 10.4 Å². The first kappa shape index (κ1) is 15.1. The molecular weight excluding hydrogens is 388 g/mol. The lowest BCUT2D eigenvalue weighted by atomic mass is 10.2. The van der Waals surface area contributed by atoms with Crippen molar-refractivity contribution in [3.63, 3.8) is 0 Å². The van der Waals surface area contributed by atoms with E-state index < -0.39 is 0 Å². The minimum absolute atomic E-state index is 0.209. The fourth-order valence-corrected chi connectivity index (χ4v) is 3.04. The summed E-state index contributed by atoms with van der Waals surface area (Å²) in [5, 5.41) is 0.813. The normalized spacial score (nSPS) is 10.8. The number of benzene rings is 2. The monoisotopic (exact) mass is 394 g/mol. The van der Waals surface area contributed by atoms with E-state index >= 15 is 0 Å². The van der Waals surface area contributed by atoms with Gasteiger partial charge in [0.1, 0.15) is 6.29 Å². The summed E-state index contributed by atoms with van der Waals surface area (Å²) in [6.07, 6.45) is 0.690. The number of rotatable bonds is 2. The fraction of sp³-hybridized carbons (Fsp3) is 0. The van der Waals surface area contributed by atoms with Gasteiger partial charge in [-0.1, -0.05) is 33.6 Å². The van der Waals surface area contributed by atoms with E-state index in [9.17, 15) is 9.59 Å². The summed E-state index contributed by atoms with van der Waals surface area (Å²) < 4.78 is 2.34. The molecule has 0 unspecified atom stereocenters. The van der Waals surface area contributed by atoms with Gasteiger partial charge >= 0.3 is 0 Å².